The molecule has 2 aromatic rings. The van der Waals surface area contributed by atoms with Gasteiger partial charge < -0.3 is 5.11 Å². The lowest BCUT2D eigenvalue weighted by Gasteiger charge is -2.31. The van der Waals surface area contributed by atoms with Crippen LogP contribution in [0.25, 0.3) is 11.1 Å². The van der Waals surface area contributed by atoms with Crippen molar-refractivity contribution in [2.75, 3.05) is 0 Å². The lowest BCUT2D eigenvalue weighted by Crippen LogP contribution is -2.16. The first-order valence-corrected chi connectivity index (χ1v) is 9.22. The second-order valence-electron chi connectivity index (χ2n) is 7.09. The predicted molar refractivity (Wildman–Crippen MR) is 98.4 cm³/mol. The van der Waals surface area contributed by atoms with E-state index >= 15 is 0 Å². The SMILES string of the molecule is CCC[C@H]1CC[C@H](c2c(C(=O)O)cccc2-c2cccc(F)c2)CC1. The van der Waals surface area contributed by atoms with Crippen molar-refractivity contribution in [2.24, 2.45) is 5.92 Å². The number of aromatic carboxylic acids is 1. The first kappa shape index (κ1) is 17.7. The smallest absolute Gasteiger partial charge is 0.335 e. The van der Waals surface area contributed by atoms with Crippen molar-refractivity contribution in [1.82, 2.24) is 0 Å². The number of halogens is 1. The van der Waals surface area contributed by atoms with Crippen molar-refractivity contribution in [3.05, 3.63) is 59.4 Å². The zero-order valence-electron chi connectivity index (χ0n) is 14.7. The highest BCUT2D eigenvalue weighted by Gasteiger charge is 2.27. The Balaban J connectivity index is 2.00. The van der Waals surface area contributed by atoms with E-state index in [2.05, 4.69) is 6.92 Å². The maximum atomic E-state index is 13.7. The number of carbonyl (C=O) groups is 1. The first-order valence-electron chi connectivity index (χ1n) is 9.22. The van der Waals surface area contributed by atoms with Gasteiger partial charge in [0.15, 0.2) is 0 Å². The van der Waals surface area contributed by atoms with Crippen LogP contribution >= 0.6 is 0 Å². The molecule has 132 valence electrons. The van der Waals surface area contributed by atoms with Gasteiger partial charge in [-0.25, -0.2) is 9.18 Å². The minimum absolute atomic E-state index is 0.235. The quantitative estimate of drug-likeness (QED) is 0.697. The van der Waals surface area contributed by atoms with E-state index in [9.17, 15) is 14.3 Å². The van der Waals surface area contributed by atoms with Crippen LogP contribution in [-0.2, 0) is 0 Å². The lowest BCUT2D eigenvalue weighted by atomic mass is 9.74. The maximum Gasteiger partial charge on any atom is 0.335 e. The Kier molecular flexibility index (Phi) is 5.52. The summed E-state index contributed by atoms with van der Waals surface area (Å²) in [5, 5.41) is 9.68. The summed E-state index contributed by atoms with van der Waals surface area (Å²) in [5.74, 6) is -0.200. The van der Waals surface area contributed by atoms with Gasteiger partial charge in [0.25, 0.3) is 0 Å². The van der Waals surface area contributed by atoms with Crippen LogP contribution in [0.2, 0.25) is 0 Å². The van der Waals surface area contributed by atoms with Crippen LogP contribution in [0, 0.1) is 11.7 Å². The average molecular weight is 340 g/mol. The molecule has 0 radical (unpaired) electrons. The molecule has 2 nitrogen and oxygen atoms in total. The monoisotopic (exact) mass is 340 g/mol. The molecule has 0 aromatic heterocycles. The highest BCUT2D eigenvalue weighted by Crippen LogP contribution is 2.42. The largest absolute Gasteiger partial charge is 0.478 e. The van der Waals surface area contributed by atoms with Gasteiger partial charge >= 0.3 is 5.97 Å². The average Bonchev–Trinajstić information content (AvgIpc) is 2.62. The third-order valence-electron chi connectivity index (χ3n) is 5.42. The molecule has 1 aliphatic carbocycles. The third-order valence-corrected chi connectivity index (χ3v) is 5.42. The molecule has 1 N–H and O–H groups in total. The van der Waals surface area contributed by atoms with E-state index in [1.807, 2.05) is 12.1 Å². The minimum Gasteiger partial charge on any atom is -0.478 e. The fourth-order valence-electron chi connectivity index (χ4n) is 4.25. The summed E-state index contributed by atoms with van der Waals surface area (Å²) < 4.78 is 13.7. The molecule has 0 bridgehead atoms. The number of carboxylic acids is 1. The summed E-state index contributed by atoms with van der Waals surface area (Å²) in [5.41, 5.74) is 2.86. The van der Waals surface area contributed by atoms with Gasteiger partial charge in [-0.05, 0) is 72.4 Å². The van der Waals surface area contributed by atoms with E-state index in [1.54, 1.807) is 18.2 Å². The Morgan fingerprint density at radius 3 is 2.48 bits per heavy atom. The maximum absolute atomic E-state index is 13.7. The van der Waals surface area contributed by atoms with Gasteiger partial charge in [0.1, 0.15) is 5.82 Å². The fourth-order valence-corrected chi connectivity index (χ4v) is 4.25. The topological polar surface area (TPSA) is 37.3 Å². The summed E-state index contributed by atoms with van der Waals surface area (Å²) in [7, 11) is 0. The van der Waals surface area contributed by atoms with Crippen molar-refractivity contribution < 1.29 is 14.3 Å². The number of carboxylic acid groups (broad SMARTS) is 1. The predicted octanol–water partition coefficient (Wildman–Crippen LogP) is 6.26. The van der Waals surface area contributed by atoms with E-state index in [4.69, 9.17) is 0 Å². The summed E-state index contributed by atoms with van der Waals surface area (Å²) in [6.07, 6.45) is 6.78. The molecule has 1 saturated carbocycles. The van der Waals surface area contributed by atoms with Crippen LogP contribution in [0.1, 0.15) is 67.3 Å². The highest BCUT2D eigenvalue weighted by atomic mass is 19.1. The second-order valence-corrected chi connectivity index (χ2v) is 7.09. The van der Waals surface area contributed by atoms with Crippen molar-refractivity contribution >= 4 is 5.97 Å². The van der Waals surface area contributed by atoms with E-state index in [-0.39, 0.29) is 11.7 Å². The zero-order chi connectivity index (χ0) is 17.8. The molecule has 0 heterocycles. The van der Waals surface area contributed by atoms with Gasteiger partial charge in [-0.3, -0.25) is 0 Å². The lowest BCUT2D eigenvalue weighted by molar-refractivity contribution is 0.0694. The molecule has 1 aliphatic rings. The molecule has 0 aliphatic heterocycles. The molecule has 0 saturated heterocycles. The van der Waals surface area contributed by atoms with Crippen LogP contribution in [0.5, 0.6) is 0 Å². The molecule has 0 amide bonds. The van der Waals surface area contributed by atoms with Crippen molar-refractivity contribution in [2.45, 2.75) is 51.4 Å². The number of hydrogen-bond acceptors (Lipinski definition) is 1. The van der Waals surface area contributed by atoms with Gasteiger partial charge in [0, 0.05) is 0 Å². The molecular formula is C22H25FO2. The van der Waals surface area contributed by atoms with Gasteiger partial charge in [-0.1, -0.05) is 44.0 Å². The summed E-state index contributed by atoms with van der Waals surface area (Å²) in [6.45, 7) is 2.22. The zero-order valence-corrected chi connectivity index (χ0v) is 14.7. The number of rotatable bonds is 5. The highest BCUT2D eigenvalue weighted by molar-refractivity contribution is 5.92. The Bertz CT molecular complexity index is 745. The normalized spacial score (nSPS) is 20.4. The fraction of sp³-hybridized carbons (Fsp3) is 0.409. The Morgan fingerprint density at radius 2 is 1.84 bits per heavy atom. The Labute approximate surface area is 148 Å². The molecule has 25 heavy (non-hydrogen) atoms. The molecule has 0 unspecified atom stereocenters. The second kappa shape index (κ2) is 7.81. The first-order chi connectivity index (χ1) is 12.1. The van der Waals surface area contributed by atoms with Crippen LogP contribution < -0.4 is 0 Å². The number of benzene rings is 2. The molecule has 1 fully saturated rings. The van der Waals surface area contributed by atoms with Gasteiger partial charge in [0.2, 0.25) is 0 Å². The van der Waals surface area contributed by atoms with Crippen molar-refractivity contribution in [3.63, 3.8) is 0 Å². The Morgan fingerprint density at radius 1 is 1.12 bits per heavy atom. The summed E-state index contributed by atoms with van der Waals surface area (Å²) in [6, 6.07) is 11.8. The van der Waals surface area contributed by atoms with E-state index < -0.39 is 5.97 Å². The third kappa shape index (κ3) is 3.92. The van der Waals surface area contributed by atoms with Gasteiger partial charge in [0.05, 0.1) is 5.56 Å². The van der Waals surface area contributed by atoms with Gasteiger partial charge in [-0.2, -0.15) is 0 Å². The summed E-state index contributed by atoms with van der Waals surface area (Å²) >= 11 is 0. The summed E-state index contributed by atoms with van der Waals surface area (Å²) in [4.78, 5) is 11.8. The molecular weight excluding hydrogens is 315 g/mol. The molecule has 3 rings (SSSR count). The van der Waals surface area contributed by atoms with E-state index in [0.29, 0.717) is 5.56 Å². The molecule has 3 heteroatoms. The Hall–Kier alpha value is -2.16. The molecule has 0 spiro atoms. The van der Waals surface area contributed by atoms with E-state index in [1.165, 1.54) is 25.0 Å². The van der Waals surface area contributed by atoms with Crippen LogP contribution in [0.4, 0.5) is 4.39 Å². The van der Waals surface area contributed by atoms with Gasteiger partial charge in [-0.15, -0.1) is 0 Å². The van der Waals surface area contributed by atoms with Crippen LogP contribution in [0.3, 0.4) is 0 Å². The van der Waals surface area contributed by atoms with Crippen LogP contribution in [-0.4, -0.2) is 11.1 Å². The minimum atomic E-state index is -0.899. The molecule has 0 atom stereocenters. The van der Waals surface area contributed by atoms with Crippen LogP contribution in [0.15, 0.2) is 42.5 Å². The standard InChI is InChI=1S/C22H25FO2/c1-2-5-15-10-12-16(13-11-15)21-19(8-4-9-20(21)22(24)25)17-6-3-7-18(23)14-17/h3-4,6-9,14-16H,2,5,10-13H2,1H3,(H,24,25)/t15-,16-. The number of hydrogen-bond donors (Lipinski definition) is 1. The van der Waals surface area contributed by atoms with Crippen molar-refractivity contribution in [3.8, 4) is 11.1 Å². The molecule has 2 aromatic carbocycles. The van der Waals surface area contributed by atoms with Crippen molar-refractivity contribution in [1.29, 1.82) is 0 Å². The van der Waals surface area contributed by atoms with E-state index in [0.717, 1.165) is 48.3 Å².